The molecule has 0 saturated carbocycles. The van der Waals surface area contributed by atoms with E-state index in [0.29, 0.717) is 18.1 Å². The number of halogens is 1. The maximum Gasteiger partial charge on any atom is 0.182 e. The third-order valence-electron chi connectivity index (χ3n) is 2.44. The molecule has 2 heterocycles. The first kappa shape index (κ1) is 12.1. The zero-order chi connectivity index (χ0) is 12.3. The summed E-state index contributed by atoms with van der Waals surface area (Å²) in [6.07, 6.45) is 4.08. The van der Waals surface area contributed by atoms with E-state index in [4.69, 9.17) is 11.6 Å². The summed E-state index contributed by atoms with van der Waals surface area (Å²) in [4.78, 5) is 15.3. The predicted octanol–water partition coefficient (Wildman–Crippen LogP) is 2.42. The lowest BCUT2D eigenvalue weighted by Crippen LogP contribution is -2.17. The fourth-order valence-electron chi connectivity index (χ4n) is 1.70. The number of aromatic nitrogens is 4. The van der Waals surface area contributed by atoms with Gasteiger partial charge >= 0.3 is 0 Å². The van der Waals surface area contributed by atoms with Crippen LogP contribution < -0.4 is 5.32 Å². The van der Waals surface area contributed by atoms with E-state index in [-0.39, 0.29) is 5.38 Å². The zero-order valence-electron chi connectivity index (χ0n) is 9.94. The van der Waals surface area contributed by atoms with E-state index in [0.717, 1.165) is 17.8 Å². The van der Waals surface area contributed by atoms with Crippen LogP contribution in [0.5, 0.6) is 0 Å². The fourth-order valence-corrected chi connectivity index (χ4v) is 2.13. The second kappa shape index (κ2) is 5.31. The highest BCUT2D eigenvalue weighted by Crippen LogP contribution is 2.16. The van der Waals surface area contributed by atoms with E-state index in [1.54, 1.807) is 6.33 Å². The van der Waals surface area contributed by atoms with Crippen LogP contribution in [0.15, 0.2) is 12.7 Å². The van der Waals surface area contributed by atoms with E-state index in [1.165, 1.54) is 6.33 Å². The highest BCUT2D eigenvalue weighted by molar-refractivity contribution is 6.20. The Balaban J connectivity index is 2.01. The van der Waals surface area contributed by atoms with Crippen LogP contribution in [-0.4, -0.2) is 31.9 Å². The minimum absolute atomic E-state index is 0.0999. The van der Waals surface area contributed by atoms with Crippen LogP contribution in [0.25, 0.3) is 11.2 Å². The van der Waals surface area contributed by atoms with E-state index >= 15 is 0 Å². The monoisotopic (exact) mass is 253 g/mol. The maximum absolute atomic E-state index is 6.22. The zero-order valence-corrected chi connectivity index (χ0v) is 10.7. The number of hydrogen-bond acceptors (Lipinski definition) is 4. The summed E-state index contributed by atoms with van der Waals surface area (Å²) >= 11 is 6.22. The first-order valence-corrected chi connectivity index (χ1v) is 6.12. The van der Waals surface area contributed by atoms with Crippen molar-refractivity contribution in [1.29, 1.82) is 0 Å². The molecule has 0 aliphatic heterocycles. The van der Waals surface area contributed by atoms with Crippen molar-refractivity contribution in [2.45, 2.75) is 25.6 Å². The number of fused-ring (bicyclic) bond motifs is 1. The van der Waals surface area contributed by atoms with Gasteiger partial charge in [-0.05, 0) is 12.3 Å². The molecule has 0 amide bonds. The molecule has 0 spiro atoms. The summed E-state index contributed by atoms with van der Waals surface area (Å²) in [6.45, 7) is 5.01. The van der Waals surface area contributed by atoms with Gasteiger partial charge in [-0.1, -0.05) is 13.8 Å². The maximum atomic E-state index is 6.22. The molecule has 5 nitrogen and oxygen atoms in total. The number of H-pyrrole nitrogens is 1. The number of rotatable bonds is 5. The van der Waals surface area contributed by atoms with Crippen molar-refractivity contribution < 1.29 is 0 Å². The van der Waals surface area contributed by atoms with Gasteiger partial charge in [0.25, 0.3) is 0 Å². The van der Waals surface area contributed by atoms with Crippen molar-refractivity contribution in [2.75, 3.05) is 11.9 Å². The van der Waals surface area contributed by atoms with Crippen LogP contribution in [0.2, 0.25) is 0 Å². The van der Waals surface area contributed by atoms with Crippen molar-refractivity contribution in [3.8, 4) is 0 Å². The van der Waals surface area contributed by atoms with Crippen LogP contribution in [0, 0.1) is 5.92 Å². The summed E-state index contributed by atoms with van der Waals surface area (Å²) in [6, 6.07) is 0. The van der Waals surface area contributed by atoms with Crippen molar-refractivity contribution in [1.82, 2.24) is 19.9 Å². The lowest BCUT2D eigenvalue weighted by atomic mass is 10.1. The van der Waals surface area contributed by atoms with E-state index in [1.807, 2.05) is 0 Å². The lowest BCUT2D eigenvalue weighted by Gasteiger charge is -2.13. The van der Waals surface area contributed by atoms with E-state index in [2.05, 4.69) is 39.1 Å². The van der Waals surface area contributed by atoms with Crippen LogP contribution in [0.1, 0.15) is 20.3 Å². The number of anilines is 1. The number of alkyl halides is 1. The summed E-state index contributed by atoms with van der Waals surface area (Å²) in [5.41, 5.74) is 1.48. The smallest absolute Gasteiger partial charge is 0.182 e. The summed E-state index contributed by atoms with van der Waals surface area (Å²) in [5, 5.41) is 3.32. The molecule has 2 rings (SSSR count). The van der Waals surface area contributed by atoms with Gasteiger partial charge in [0.15, 0.2) is 11.5 Å². The van der Waals surface area contributed by atoms with Crippen LogP contribution in [0.4, 0.5) is 5.82 Å². The number of nitrogens with zero attached hydrogens (tertiary/aromatic N) is 3. The number of hydrogen-bond donors (Lipinski definition) is 2. The second-order valence-corrected chi connectivity index (χ2v) is 5.05. The Morgan fingerprint density at radius 1 is 1.35 bits per heavy atom. The minimum Gasteiger partial charge on any atom is -0.367 e. The molecule has 6 heteroatoms. The average Bonchev–Trinajstić information content (AvgIpc) is 2.73. The highest BCUT2D eigenvalue weighted by atomic mass is 35.5. The van der Waals surface area contributed by atoms with Crippen LogP contribution in [-0.2, 0) is 0 Å². The largest absolute Gasteiger partial charge is 0.367 e. The summed E-state index contributed by atoms with van der Waals surface area (Å²) in [5.74, 6) is 1.35. The second-order valence-electron chi connectivity index (χ2n) is 4.43. The highest BCUT2D eigenvalue weighted by Gasteiger charge is 2.10. The number of aromatic amines is 1. The standard InChI is InChI=1S/C11H16ClN5/c1-7(2)3-8(12)4-13-10-9-11(15-5-14-9)17-6-16-10/h5-8H,3-4H2,1-2H3,(H2,13,14,15,16,17). The van der Waals surface area contributed by atoms with Gasteiger partial charge in [0.05, 0.1) is 11.7 Å². The van der Waals surface area contributed by atoms with Crippen molar-refractivity contribution >= 4 is 28.6 Å². The third-order valence-corrected chi connectivity index (χ3v) is 2.77. The molecule has 0 saturated heterocycles. The van der Waals surface area contributed by atoms with Gasteiger partial charge in [0, 0.05) is 6.54 Å². The molecule has 0 aliphatic carbocycles. The van der Waals surface area contributed by atoms with Crippen LogP contribution in [0.3, 0.4) is 0 Å². The van der Waals surface area contributed by atoms with Crippen LogP contribution >= 0.6 is 11.6 Å². The molecule has 92 valence electrons. The quantitative estimate of drug-likeness (QED) is 0.803. The van der Waals surface area contributed by atoms with Crippen molar-refractivity contribution in [2.24, 2.45) is 5.92 Å². The number of imidazole rings is 1. The molecule has 0 fully saturated rings. The fraction of sp³-hybridized carbons (Fsp3) is 0.545. The van der Waals surface area contributed by atoms with Gasteiger partial charge in [0.1, 0.15) is 11.8 Å². The van der Waals surface area contributed by atoms with Gasteiger partial charge in [-0.2, -0.15) is 0 Å². The molecular formula is C11H16ClN5. The predicted molar refractivity (Wildman–Crippen MR) is 69.3 cm³/mol. The minimum atomic E-state index is 0.0999. The average molecular weight is 254 g/mol. The normalized spacial score (nSPS) is 13.2. The first-order chi connectivity index (χ1) is 8.16. The molecule has 2 aromatic rings. The molecule has 0 aliphatic rings. The summed E-state index contributed by atoms with van der Waals surface area (Å²) < 4.78 is 0. The topological polar surface area (TPSA) is 66.5 Å². The van der Waals surface area contributed by atoms with Gasteiger partial charge in [-0.3, -0.25) is 0 Å². The molecule has 0 aromatic carbocycles. The van der Waals surface area contributed by atoms with Crippen molar-refractivity contribution in [3.05, 3.63) is 12.7 Å². The molecule has 1 atom stereocenters. The number of nitrogens with one attached hydrogen (secondary N) is 2. The Kier molecular flexibility index (Phi) is 3.78. The molecular weight excluding hydrogens is 238 g/mol. The van der Waals surface area contributed by atoms with Crippen molar-refractivity contribution in [3.63, 3.8) is 0 Å². The SMILES string of the molecule is CC(C)CC(Cl)CNc1ncnc2nc[nH]c12. The summed E-state index contributed by atoms with van der Waals surface area (Å²) in [7, 11) is 0. The Labute approximate surface area is 105 Å². The molecule has 17 heavy (non-hydrogen) atoms. The third kappa shape index (κ3) is 3.06. The Morgan fingerprint density at radius 2 is 2.18 bits per heavy atom. The van der Waals surface area contributed by atoms with E-state index < -0.39 is 0 Å². The molecule has 2 N–H and O–H groups in total. The first-order valence-electron chi connectivity index (χ1n) is 5.69. The molecule has 0 bridgehead atoms. The molecule has 0 radical (unpaired) electrons. The van der Waals surface area contributed by atoms with Gasteiger partial charge in [0.2, 0.25) is 0 Å². The van der Waals surface area contributed by atoms with Gasteiger partial charge in [-0.25, -0.2) is 15.0 Å². The Morgan fingerprint density at radius 3 is 2.94 bits per heavy atom. The molecule has 2 aromatic heterocycles. The van der Waals surface area contributed by atoms with E-state index in [9.17, 15) is 0 Å². The Bertz CT molecular complexity index is 481. The molecule has 1 unspecified atom stereocenters. The van der Waals surface area contributed by atoms with Gasteiger partial charge in [-0.15, -0.1) is 11.6 Å². The Hall–Kier alpha value is -1.36. The van der Waals surface area contributed by atoms with Gasteiger partial charge < -0.3 is 10.3 Å². The lowest BCUT2D eigenvalue weighted by molar-refractivity contribution is 0.572.